The van der Waals surface area contributed by atoms with E-state index in [0.717, 1.165) is 25.3 Å². The van der Waals surface area contributed by atoms with Gasteiger partial charge in [-0.1, -0.05) is 13.8 Å². The molecule has 0 amide bonds. The Kier molecular flexibility index (Phi) is 5.14. The van der Waals surface area contributed by atoms with E-state index in [-0.39, 0.29) is 11.5 Å². The third kappa shape index (κ3) is 3.71. The van der Waals surface area contributed by atoms with Gasteiger partial charge in [0.15, 0.2) is 0 Å². The van der Waals surface area contributed by atoms with Gasteiger partial charge >= 0.3 is 5.97 Å². The van der Waals surface area contributed by atoms with E-state index in [1.165, 1.54) is 6.07 Å². The number of hydrogen-bond donors (Lipinski definition) is 1. The largest absolute Gasteiger partial charge is 0.477 e. The molecule has 1 saturated heterocycles. The summed E-state index contributed by atoms with van der Waals surface area (Å²) in [6.45, 7) is 8.36. The molecule has 0 atom stereocenters. The van der Waals surface area contributed by atoms with Crippen molar-refractivity contribution in [2.24, 2.45) is 0 Å². The molecule has 2 rings (SSSR count). The third-order valence-corrected chi connectivity index (χ3v) is 3.77. The van der Waals surface area contributed by atoms with E-state index in [0.29, 0.717) is 19.8 Å². The van der Waals surface area contributed by atoms with Gasteiger partial charge in [0.25, 0.3) is 5.56 Å². The van der Waals surface area contributed by atoms with Gasteiger partial charge in [-0.25, -0.2) is 4.79 Å². The molecular formula is C15H22N2O4. The third-order valence-electron chi connectivity index (χ3n) is 3.77. The normalized spacial score (nSPS) is 16.3. The number of hydrogen-bond acceptors (Lipinski definition) is 4. The quantitative estimate of drug-likeness (QED) is 0.877. The number of carboxylic acid groups (broad SMARTS) is 1. The van der Waals surface area contributed by atoms with Gasteiger partial charge in [-0.3, -0.25) is 9.69 Å². The van der Waals surface area contributed by atoms with Crippen LogP contribution in [0.3, 0.4) is 0 Å². The number of aromatic nitrogens is 1. The molecule has 0 saturated carbocycles. The minimum absolute atomic E-state index is 0.165. The first kappa shape index (κ1) is 15.7. The molecule has 1 N–H and O–H groups in total. The molecular weight excluding hydrogens is 272 g/mol. The number of pyridine rings is 1. The Hall–Kier alpha value is -1.66. The standard InChI is InChI=1S/C15H22N2O4/c1-11(2)13-4-3-12(15(19)20)14(18)17(13)6-5-16-7-9-21-10-8-16/h3-4,11H,5-10H2,1-2H3,(H,19,20). The molecule has 6 heteroatoms. The number of nitrogens with zero attached hydrogens (tertiary/aromatic N) is 2. The summed E-state index contributed by atoms with van der Waals surface area (Å²) in [5, 5.41) is 9.10. The molecule has 0 unspecified atom stereocenters. The fourth-order valence-electron chi connectivity index (χ4n) is 2.56. The predicted octanol–water partition coefficient (Wildman–Crippen LogP) is 1.00. The minimum atomic E-state index is -1.17. The maximum Gasteiger partial charge on any atom is 0.341 e. The summed E-state index contributed by atoms with van der Waals surface area (Å²) in [4.78, 5) is 25.7. The van der Waals surface area contributed by atoms with Crippen LogP contribution in [0, 0.1) is 0 Å². The first-order valence-corrected chi connectivity index (χ1v) is 7.28. The highest BCUT2D eigenvalue weighted by Gasteiger charge is 2.17. The summed E-state index contributed by atoms with van der Waals surface area (Å²) < 4.78 is 6.90. The monoisotopic (exact) mass is 294 g/mol. The van der Waals surface area contributed by atoms with Gasteiger partial charge in [0.1, 0.15) is 5.56 Å². The summed E-state index contributed by atoms with van der Waals surface area (Å²) in [5.41, 5.74) is 0.293. The van der Waals surface area contributed by atoms with Crippen molar-refractivity contribution in [1.82, 2.24) is 9.47 Å². The van der Waals surface area contributed by atoms with Crippen LogP contribution in [0.15, 0.2) is 16.9 Å². The zero-order valence-corrected chi connectivity index (χ0v) is 12.5. The lowest BCUT2D eigenvalue weighted by Gasteiger charge is -2.27. The number of carboxylic acids is 1. The zero-order valence-electron chi connectivity index (χ0n) is 12.5. The molecule has 0 radical (unpaired) electrons. The summed E-state index contributed by atoms with van der Waals surface area (Å²) in [5.74, 6) is -0.999. The van der Waals surface area contributed by atoms with Gasteiger partial charge < -0.3 is 14.4 Å². The van der Waals surface area contributed by atoms with Crippen LogP contribution in [-0.4, -0.2) is 53.4 Å². The fourth-order valence-corrected chi connectivity index (χ4v) is 2.56. The predicted molar refractivity (Wildman–Crippen MR) is 79.0 cm³/mol. The van der Waals surface area contributed by atoms with E-state index in [9.17, 15) is 9.59 Å². The molecule has 2 heterocycles. The highest BCUT2D eigenvalue weighted by atomic mass is 16.5. The van der Waals surface area contributed by atoms with Crippen molar-refractivity contribution in [1.29, 1.82) is 0 Å². The average Bonchev–Trinajstić information content (AvgIpc) is 2.46. The van der Waals surface area contributed by atoms with Gasteiger partial charge in [0, 0.05) is 31.9 Å². The second-order valence-corrected chi connectivity index (χ2v) is 5.54. The van der Waals surface area contributed by atoms with Crippen molar-refractivity contribution >= 4 is 5.97 Å². The molecule has 0 aromatic carbocycles. The number of carbonyl (C=O) groups is 1. The number of rotatable bonds is 5. The minimum Gasteiger partial charge on any atom is -0.477 e. The molecule has 21 heavy (non-hydrogen) atoms. The molecule has 0 aliphatic carbocycles. The van der Waals surface area contributed by atoms with Crippen LogP contribution in [0.25, 0.3) is 0 Å². The van der Waals surface area contributed by atoms with Gasteiger partial charge in [0.05, 0.1) is 13.2 Å². The Morgan fingerprint density at radius 2 is 1.95 bits per heavy atom. The fraction of sp³-hybridized carbons (Fsp3) is 0.600. The van der Waals surface area contributed by atoms with Crippen molar-refractivity contribution in [2.75, 3.05) is 32.8 Å². The lowest BCUT2D eigenvalue weighted by Crippen LogP contribution is -2.40. The van der Waals surface area contributed by atoms with Crippen LogP contribution < -0.4 is 5.56 Å². The first-order chi connectivity index (χ1) is 10.0. The molecule has 0 spiro atoms. The van der Waals surface area contributed by atoms with Crippen LogP contribution in [0.1, 0.15) is 35.8 Å². The molecule has 6 nitrogen and oxygen atoms in total. The van der Waals surface area contributed by atoms with Crippen molar-refractivity contribution in [2.45, 2.75) is 26.3 Å². The van der Waals surface area contributed by atoms with Gasteiger partial charge in [-0.15, -0.1) is 0 Å². The van der Waals surface area contributed by atoms with Gasteiger partial charge in [-0.05, 0) is 18.1 Å². The number of aromatic carboxylic acids is 1. The second-order valence-electron chi connectivity index (χ2n) is 5.54. The Balaban J connectivity index is 2.24. The lowest BCUT2D eigenvalue weighted by atomic mass is 10.1. The van der Waals surface area contributed by atoms with E-state index in [4.69, 9.17) is 9.84 Å². The van der Waals surface area contributed by atoms with E-state index in [1.54, 1.807) is 10.6 Å². The maximum atomic E-state index is 12.3. The van der Waals surface area contributed by atoms with Gasteiger partial charge in [-0.2, -0.15) is 0 Å². The molecule has 1 aliphatic heterocycles. The summed E-state index contributed by atoms with van der Waals surface area (Å²) in [7, 11) is 0. The molecule has 0 bridgehead atoms. The molecule has 1 aliphatic rings. The van der Waals surface area contributed by atoms with Crippen molar-refractivity contribution in [3.8, 4) is 0 Å². The van der Waals surface area contributed by atoms with E-state index in [1.807, 2.05) is 13.8 Å². The molecule has 116 valence electrons. The van der Waals surface area contributed by atoms with Crippen LogP contribution in [-0.2, 0) is 11.3 Å². The van der Waals surface area contributed by atoms with Crippen LogP contribution in [0.2, 0.25) is 0 Å². The number of ether oxygens (including phenoxy) is 1. The van der Waals surface area contributed by atoms with Gasteiger partial charge in [0.2, 0.25) is 0 Å². The van der Waals surface area contributed by atoms with Crippen LogP contribution in [0.5, 0.6) is 0 Å². The number of morpholine rings is 1. The van der Waals surface area contributed by atoms with E-state index < -0.39 is 11.5 Å². The van der Waals surface area contributed by atoms with Crippen LogP contribution >= 0.6 is 0 Å². The van der Waals surface area contributed by atoms with Crippen molar-refractivity contribution < 1.29 is 14.6 Å². The SMILES string of the molecule is CC(C)c1ccc(C(=O)O)c(=O)n1CCN1CCOCC1. The second kappa shape index (κ2) is 6.87. The van der Waals surface area contributed by atoms with E-state index in [2.05, 4.69) is 4.90 Å². The lowest BCUT2D eigenvalue weighted by molar-refractivity contribution is 0.0361. The molecule has 1 aromatic rings. The van der Waals surface area contributed by atoms with E-state index >= 15 is 0 Å². The smallest absolute Gasteiger partial charge is 0.341 e. The van der Waals surface area contributed by atoms with Crippen LogP contribution in [0.4, 0.5) is 0 Å². The molecule has 1 fully saturated rings. The van der Waals surface area contributed by atoms with Crippen molar-refractivity contribution in [3.63, 3.8) is 0 Å². The van der Waals surface area contributed by atoms with Crippen molar-refractivity contribution in [3.05, 3.63) is 33.7 Å². The Morgan fingerprint density at radius 3 is 2.52 bits per heavy atom. The Labute approximate surface area is 123 Å². The summed E-state index contributed by atoms with van der Waals surface area (Å²) >= 11 is 0. The first-order valence-electron chi connectivity index (χ1n) is 7.28. The summed E-state index contributed by atoms with van der Waals surface area (Å²) in [6.07, 6.45) is 0. The maximum absolute atomic E-state index is 12.3. The zero-order chi connectivity index (χ0) is 15.4. The topological polar surface area (TPSA) is 71.8 Å². The highest BCUT2D eigenvalue weighted by Crippen LogP contribution is 2.13. The molecule has 1 aromatic heterocycles. The summed E-state index contributed by atoms with van der Waals surface area (Å²) in [6, 6.07) is 3.15. The Morgan fingerprint density at radius 1 is 1.29 bits per heavy atom. The Bertz CT molecular complexity index is 559. The highest BCUT2D eigenvalue weighted by molar-refractivity contribution is 5.87. The average molecular weight is 294 g/mol.